The predicted molar refractivity (Wildman–Crippen MR) is 162 cm³/mol. The average Bonchev–Trinajstić information content (AvgIpc) is 2.95. The molecule has 11 nitrogen and oxygen atoms in total. The Bertz CT molecular complexity index is 732. The van der Waals surface area contributed by atoms with Crippen molar-refractivity contribution in [2.24, 2.45) is 0 Å². The number of unbranched alkanes of at least 4 members (excludes halogenated alkanes) is 16. The van der Waals surface area contributed by atoms with Crippen LogP contribution in [-0.4, -0.2) is 74.9 Å². The van der Waals surface area contributed by atoms with E-state index < -0.39 is 57.6 Å². The SMILES string of the molecule is CCCCCCCCCCCC(=O)N(C(=O)CCCCCCCCCCC)[C@@H](COP(=O)(O)OC[C@H](O)CO)C(=O)O. The average molecular weight is 624 g/mol. The van der Waals surface area contributed by atoms with Gasteiger partial charge in [0.25, 0.3) is 0 Å². The van der Waals surface area contributed by atoms with Crippen molar-refractivity contribution >= 4 is 25.6 Å². The molecule has 0 aromatic carbocycles. The van der Waals surface area contributed by atoms with Gasteiger partial charge in [0.05, 0.1) is 19.8 Å². The molecule has 4 N–H and O–H groups in total. The molecule has 3 atom stereocenters. The Morgan fingerprint density at radius 1 is 0.667 bits per heavy atom. The number of carbonyl (C=O) groups is 3. The number of phosphoric ester groups is 1. The second-order valence-corrected chi connectivity index (χ2v) is 12.5. The van der Waals surface area contributed by atoms with Crippen LogP contribution in [0.2, 0.25) is 0 Å². The molecule has 0 aliphatic rings. The molecule has 0 heterocycles. The van der Waals surface area contributed by atoms with Gasteiger partial charge in [0, 0.05) is 12.8 Å². The standard InChI is InChI=1S/C30H58NO10P/c1-3-5-7-9-11-13-15-17-19-21-28(34)31(29(35)22-20-18-16-14-12-10-8-6-4-2)27(30(36)37)25-41-42(38,39)40-24-26(33)23-32/h26-27,32-33H,3-25H2,1-2H3,(H,36,37)(H,38,39)/t26-,27+/m1/s1. The third-order valence-corrected chi connectivity index (χ3v) is 8.11. The van der Waals surface area contributed by atoms with Gasteiger partial charge >= 0.3 is 13.8 Å². The van der Waals surface area contributed by atoms with Gasteiger partial charge in [-0.2, -0.15) is 0 Å². The molecule has 0 aliphatic heterocycles. The van der Waals surface area contributed by atoms with Gasteiger partial charge in [0.2, 0.25) is 11.8 Å². The summed E-state index contributed by atoms with van der Waals surface area (Å²) in [5.74, 6) is -2.86. The summed E-state index contributed by atoms with van der Waals surface area (Å²) < 4.78 is 21.5. The van der Waals surface area contributed by atoms with Crippen molar-refractivity contribution in [1.82, 2.24) is 4.90 Å². The third kappa shape index (κ3) is 21.3. The topological polar surface area (TPSA) is 171 Å². The van der Waals surface area contributed by atoms with Crippen LogP contribution in [0.15, 0.2) is 0 Å². The first-order valence-electron chi connectivity index (χ1n) is 16.1. The highest BCUT2D eigenvalue weighted by Crippen LogP contribution is 2.43. The van der Waals surface area contributed by atoms with Crippen LogP contribution in [0.4, 0.5) is 0 Å². The molecule has 1 unspecified atom stereocenters. The molecule has 0 aromatic rings. The van der Waals surface area contributed by atoms with E-state index in [0.717, 1.165) is 51.4 Å². The summed E-state index contributed by atoms with van der Waals surface area (Å²) in [5, 5.41) is 28.0. The van der Waals surface area contributed by atoms with Gasteiger partial charge in [-0.3, -0.25) is 23.5 Å². The highest BCUT2D eigenvalue weighted by molar-refractivity contribution is 7.47. The van der Waals surface area contributed by atoms with Crippen molar-refractivity contribution in [3.8, 4) is 0 Å². The number of nitrogens with zero attached hydrogens (tertiary/aromatic N) is 1. The molecule has 0 fully saturated rings. The first-order valence-corrected chi connectivity index (χ1v) is 17.6. The van der Waals surface area contributed by atoms with Crippen LogP contribution in [0.25, 0.3) is 0 Å². The maximum atomic E-state index is 13.1. The van der Waals surface area contributed by atoms with Crippen molar-refractivity contribution in [3.63, 3.8) is 0 Å². The van der Waals surface area contributed by atoms with E-state index in [1.165, 1.54) is 51.4 Å². The molecular formula is C30H58NO10P. The molecule has 0 aromatic heterocycles. The van der Waals surface area contributed by atoms with E-state index in [1.54, 1.807) is 0 Å². The molecule has 0 radical (unpaired) electrons. The Labute approximate surface area is 253 Å². The maximum Gasteiger partial charge on any atom is 0.472 e. The minimum Gasteiger partial charge on any atom is -0.480 e. The van der Waals surface area contributed by atoms with Crippen molar-refractivity contribution in [2.75, 3.05) is 19.8 Å². The zero-order valence-electron chi connectivity index (χ0n) is 26.1. The second kappa shape index (κ2) is 26.1. The quantitative estimate of drug-likeness (QED) is 0.0562. The summed E-state index contributed by atoms with van der Waals surface area (Å²) in [5.41, 5.74) is 0. The fourth-order valence-corrected chi connectivity index (χ4v) is 5.36. The first-order chi connectivity index (χ1) is 20.1. The lowest BCUT2D eigenvalue weighted by Crippen LogP contribution is -2.50. The van der Waals surface area contributed by atoms with Crippen molar-refractivity contribution in [2.45, 2.75) is 154 Å². The number of phosphoric acid groups is 1. The van der Waals surface area contributed by atoms with E-state index in [2.05, 4.69) is 18.4 Å². The number of aliphatic hydroxyl groups is 2. The minimum absolute atomic E-state index is 0.0148. The van der Waals surface area contributed by atoms with Gasteiger partial charge in [-0.1, -0.05) is 117 Å². The zero-order valence-corrected chi connectivity index (χ0v) is 26.9. The van der Waals surface area contributed by atoms with E-state index in [-0.39, 0.29) is 12.8 Å². The zero-order chi connectivity index (χ0) is 31.6. The molecule has 248 valence electrons. The summed E-state index contributed by atoms with van der Waals surface area (Å²) in [6, 6.07) is -1.81. The number of hydrogen-bond donors (Lipinski definition) is 4. The largest absolute Gasteiger partial charge is 0.480 e. The molecule has 0 saturated carbocycles. The number of aliphatic carboxylic acids is 1. The summed E-state index contributed by atoms with van der Waals surface area (Å²) in [6.07, 6.45) is 17.0. The van der Waals surface area contributed by atoms with Crippen LogP contribution in [0.3, 0.4) is 0 Å². The smallest absolute Gasteiger partial charge is 0.472 e. The van der Waals surface area contributed by atoms with Gasteiger partial charge in [0.15, 0.2) is 6.04 Å². The molecule has 0 saturated heterocycles. The number of imide groups is 1. The van der Waals surface area contributed by atoms with Gasteiger partial charge < -0.3 is 20.2 Å². The monoisotopic (exact) mass is 623 g/mol. The summed E-state index contributed by atoms with van der Waals surface area (Å²) in [4.78, 5) is 48.9. The van der Waals surface area contributed by atoms with E-state index in [4.69, 9.17) is 9.63 Å². The molecule has 0 aliphatic carbocycles. The number of rotatable bonds is 29. The lowest BCUT2D eigenvalue weighted by atomic mass is 10.0. The first kappa shape index (κ1) is 40.6. The molecule has 0 bridgehead atoms. The Kier molecular flexibility index (Phi) is 25.2. The van der Waals surface area contributed by atoms with E-state index in [1.807, 2.05) is 0 Å². The van der Waals surface area contributed by atoms with Crippen LogP contribution in [0.1, 0.15) is 142 Å². The van der Waals surface area contributed by atoms with Crippen LogP contribution in [0.5, 0.6) is 0 Å². The number of aliphatic hydroxyl groups excluding tert-OH is 2. The normalized spacial score (nSPS) is 14.3. The van der Waals surface area contributed by atoms with Crippen molar-refractivity contribution < 1.29 is 48.2 Å². The molecule has 2 amide bonds. The van der Waals surface area contributed by atoms with Gasteiger partial charge in [-0.05, 0) is 12.8 Å². The minimum atomic E-state index is -4.83. The van der Waals surface area contributed by atoms with Crippen LogP contribution >= 0.6 is 7.82 Å². The summed E-state index contributed by atoms with van der Waals surface area (Å²) >= 11 is 0. The lowest BCUT2D eigenvalue weighted by Gasteiger charge is -2.28. The highest BCUT2D eigenvalue weighted by Gasteiger charge is 2.37. The number of amides is 2. The van der Waals surface area contributed by atoms with Crippen molar-refractivity contribution in [3.05, 3.63) is 0 Å². The third-order valence-electron chi connectivity index (χ3n) is 7.16. The number of carboxylic acid groups (broad SMARTS) is 1. The lowest BCUT2D eigenvalue weighted by molar-refractivity contribution is -0.159. The number of carboxylic acids is 1. The second-order valence-electron chi connectivity index (χ2n) is 11.1. The molecule has 12 heteroatoms. The molecule has 0 rings (SSSR count). The fourth-order valence-electron chi connectivity index (χ4n) is 4.59. The Balaban J connectivity index is 5.08. The van der Waals surface area contributed by atoms with Gasteiger partial charge in [0.1, 0.15) is 6.10 Å². The van der Waals surface area contributed by atoms with Crippen LogP contribution < -0.4 is 0 Å². The molecular weight excluding hydrogens is 565 g/mol. The number of hydrogen-bond acceptors (Lipinski definition) is 8. The fraction of sp³-hybridized carbons (Fsp3) is 0.900. The number of carbonyl (C=O) groups excluding carboxylic acids is 2. The molecule has 0 spiro atoms. The summed E-state index contributed by atoms with van der Waals surface area (Å²) in [6.45, 7) is 1.95. The van der Waals surface area contributed by atoms with Crippen LogP contribution in [0, 0.1) is 0 Å². The van der Waals surface area contributed by atoms with Crippen LogP contribution in [-0.2, 0) is 28.0 Å². The van der Waals surface area contributed by atoms with E-state index in [0.29, 0.717) is 17.7 Å². The Morgan fingerprint density at radius 3 is 1.38 bits per heavy atom. The summed E-state index contributed by atoms with van der Waals surface area (Å²) in [7, 11) is -4.83. The van der Waals surface area contributed by atoms with Crippen molar-refractivity contribution in [1.29, 1.82) is 0 Å². The van der Waals surface area contributed by atoms with E-state index in [9.17, 15) is 34.1 Å². The highest BCUT2D eigenvalue weighted by atomic mass is 31.2. The predicted octanol–water partition coefficient (Wildman–Crippen LogP) is 6.12. The maximum absolute atomic E-state index is 13.1. The van der Waals surface area contributed by atoms with E-state index >= 15 is 0 Å². The Morgan fingerprint density at radius 2 is 1.02 bits per heavy atom. The Hall–Kier alpha value is -1.36. The van der Waals surface area contributed by atoms with Gasteiger partial charge in [-0.25, -0.2) is 9.36 Å². The van der Waals surface area contributed by atoms with Gasteiger partial charge in [-0.15, -0.1) is 0 Å². The molecule has 42 heavy (non-hydrogen) atoms.